The number of carbonyl (C=O) groups is 3. The molecule has 2 fully saturated rings. The fraction of sp³-hybridized carbons (Fsp3) is 0.536. The standard InChI is InChI=1S/C28H35N3O5/c1-5-13-29-14-7-11-27(4)20(24(29)33)21-25(34)31(16-17-32)23-26(35)30(15-8-12-28(21,23)36-27)22-18(2)9-6-10-19(22)3/h6-12,20-21,23,32H,5,13-17H2,1-4H3/t20-,21+,23?,27+,28+/m1/s1. The fourth-order valence-corrected chi connectivity index (χ4v) is 6.82. The van der Waals surface area contributed by atoms with E-state index in [1.165, 1.54) is 4.90 Å². The highest BCUT2D eigenvalue weighted by molar-refractivity contribution is 6.06. The van der Waals surface area contributed by atoms with Crippen molar-refractivity contribution in [2.24, 2.45) is 11.8 Å². The molecule has 8 heteroatoms. The molecule has 4 aliphatic rings. The van der Waals surface area contributed by atoms with Crippen LogP contribution in [-0.2, 0) is 19.1 Å². The number of β-amino-alcohol motifs (C(OH)–C–C–N with tert-alkyl or cyclic N) is 1. The summed E-state index contributed by atoms with van der Waals surface area (Å²) in [4.78, 5) is 47.2. The lowest BCUT2D eigenvalue weighted by Gasteiger charge is -2.37. The van der Waals surface area contributed by atoms with Crippen molar-refractivity contribution < 1.29 is 24.2 Å². The van der Waals surface area contributed by atoms with E-state index in [0.717, 1.165) is 23.2 Å². The Hall–Kier alpha value is -2.97. The zero-order valence-corrected chi connectivity index (χ0v) is 21.4. The summed E-state index contributed by atoms with van der Waals surface area (Å²) in [6.07, 6.45) is 8.36. The van der Waals surface area contributed by atoms with E-state index in [2.05, 4.69) is 0 Å². The molecule has 1 aromatic rings. The number of benzene rings is 1. The molecule has 1 spiro atoms. The van der Waals surface area contributed by atoms with Gasteiger partial charge in [-0.1, -0.05) is 49.4 Å². The number of hydrogen-bond donors (Lipinski definition) is 1. The van der Waals surface area contributed by atoms with Gasteiger partial charge in [-0.15, -0.1) is 0 Å². The van der Waals surface area contributed by atoms with Crippen LogP contribution in [0.3, 0.4) is 0 Å². The van der Waals surface area contributed by atoms with Crippen LogP contribution in [0.4, 0.5) is 5.69 Å². The zero-order chi connectivity index (χ0) is 25.8. The maximum atomic E-state index is 14.3. The number of nitrogens with zero attached hydrogens (tertiary/aromatic N) is 3. The molecule has 0 radical (unpaired) electrons. The molecule has 4 heterocycles. The normalized spacial score (nSPS) is 33.5. The van der Waals surface area contributed by atoms with Crippen LogP contribution >= 0.6 is 0 Å². The van der Waals surface area contributed by atoms with E-state index in [1.54, 1.807) is 9.80 Å². The van der Waals surface area contributed by atoms with Crippen molar-refractivity contribution in [3.05, 3.63) is 53.6 Å². The van der Waals surface area contributed by atoms with Crippen molar-refractivity contribution in [2.75, 3.05) is 37.7 Å². The molecule has 5 atom stereocenters. The number of aliphatic hydroxyl groups excluding tert-OH is 1. The van der Waals surface area contributed by atoms with Gasteiger partial charge in [0.15, 0.2) is 0 Å². The molecular formula is C28H35N3O5. The Morgan fingerprint density at radius 2 is 1.67 bits per heavy atom. The van der Waals surface area contributed by atoms with Gasteiger partial charge in [0.1, 0.15) is 11.6 Å². The number of anilines is 1. The molecule has 0 aliphatic carbocycles. The topological polar surface area (TPSA) is 90.4 Å². The second-order valence-electron chi connectivity index (χ2n) is 10.5. The number of likely N-dealkylation sites (tertiary alicyclic amines) is 1. The number of carbonyl (C=O) groups excluding carboxylic acids is 3. The van der Waals surface area contributed by atoms with E-state index in [4.69, 9.17) is 4.74 Å². The SMILES string of the molecule is CCCN1CC=C[C@]2(C)O[C@]34C=CCN(c5c(C)cccc5C)C(=O)C3N(CCO)C(=O)[C@@H]4[C@@H]2C1=O. The number of aryl methyl sites for hydroxylation is 2. The first-order chi connectivity index (χ1) is 17.2. The second-order valence-corrected chi connectivity index (χ2v) is 10.5. The van der Waals surface area contributed by atoms with Crippen molar-refractivity contribution >= 4 is 23.4 Å². The summed E-state index contributed by atoms with van der Waals surface area (Å²) in [5, 5.41) is 9.85. The third kappa shape index (κ3) is 3.38. The van der Waals surface area contributed by atoms with E-state index >= 15 is 0 Å². The Morgan fingerprint density at radius 1 is 0.972 bits per heavy atom. The molecule has 192 valence electrons. The van der Waals surface area contributed by atoms with Crippen molar-refractivity contribution in [3.63, 3.8) is 0 Å². The summed E-state index contributed by atoms with van der Waals surface area (Å²) in [5.74, 6) is -2.31. The molecule has 1 unspecified atom stereocenters. The minimum atomic E-state index is -1.30. The highest BCUT2D eigenvalue weighted by atomic mass is 16.5. The maximum Gasteiger partial charge on any atom is 0.253 e. The predicted octanol–water partition coefficient (Wildman–Crippen LogP) is 1.98. The molecule has 5 rings (SSSR count). The molecular weight excluding hydrogens is 458 g/mol. The van der Waals surface area contributed by atoms with Crippen molar-refractivity contribution in [3.8, 4) is 0 Å². The van der Waals surface area contributed by atoms with E-state index in [9.17, 15) is 19.5 Å². The zero-order valence-electron chi connectivity index (χ0n) is 21.4. The molecule has 4 aliphatic heterocycles. The van der Waals surface area contributed by atoms with Gasteiger partial charge in [-0.25, -0.2) is 0 Å². The van der Waals surface area contributed by atoms with Crippen molar-refractivity contribution in [2.45, 2.75) is 51.4 Å². The molecule has 8 nitrogen and oxygen atoms in total. The summed E-state index contributed by atoms with van der Waals surface area (Å²) in [6, 6.07) is 4.90. The largest absolute Gasteiger partial charge is 0.395 e. The Morgan fingerprint density at radius 3 is 2.33 bits per heavy atom. The second kappa shape index (κ2) is 8.85. The Bertz CT molecular complexity index is 1140. The van der Waals surface area contributed by atoms with Crippen LogP contribution in [0.1, 0.15) is 31.4 Å². The van der Waals surface area contributed by atoms with Crippen molar-refractivity contribution in [1.29, 1.82) is 0 Å². The van der Waals surface area contributed by atoms with Crippen LogP contribution in [0.25, 0.3) is 0 Å². The van der Waals surface area contributed by atoms with E-state index in [-0.39, 0.29) is 30.9 Å². The van der Waals surface area contributed by atoms with E-state index in [0.29, 0.717) is 19.6 Å². The number of aliphatic hydroxyl groups is 1. The van der Waals surface area contributed by atoms with Crippen LogP contribution in [0.15, 0.2) is 42.5 Å². The predicted molar refractivity (Wildman–Crippen MR) is 135 cm³/mol. The average molecular weight is 494 g/mol. The molecule has 0 bridgehead atoms. The molecule has 0 saturated carbocycles. The lowest BCUT2D eigenvalue weighted by atomic mass is 9.74. The van der Waals surface area contributed by atoms with Crippen LogP contribution in [0, 0.1) is 25.7 Å². The highest BCUT2D eigenvalue weighted by Crippen LogP contribution is 2.57. The fourth-order valence-electron chi connectivity index (χ4n) is 6.82. The van der Waals surface area contributed by atoms with Gasteiger partial charge in [-0.3, -0.25) is 14.4 Å². The number of rotatable bonds is 5. The summed E-state index contributed by atoms with van der Waals surface area (Å²) < 4.78 is 6.77. The molecule has 1 N–H and O–H groups in total. The third-order valence-electron chi connectivity index (χ3n) is 8.18. The van der Waals surface area contributed by atoms with Crippen LogP contribution in [0.5, 0.6) is 0 Å². The van der Waals surface area contributed by atoms with Crippen molar-refractivity contribution in [1.82, 2.24) is 9.80 Å². The Kier molecular flexibility index (Phi) is 6.08. The van der Waals surface area contributed by atoms with Gasteiger partial charge in [0.25, 0.3) is 5.91 Å². The number of para-hydroxylation sites is 1. The minimum absolute atomic E-state index is 0.00256. The smallest absolute Gasteiger partial charge is 0.253 e. The lowest BCUT2D eigenvalue weighted by Crippen LogP contribution is -2.56. The molecule has 2 saturated heterocycles. The van der Waals surface area contributed by atoms with E-state index < -0.39 is 29.1 Å². The summed E-state index contributed by atoms with van der Waals surface area (Å²) >= 11 is 0. The van der Waals surface area contributed by atoms with Gasteiger partial charge in [0.2, 0.25) is 11.8 Å². The average Bonchev–Trinajstić information content (AvgIpc) is 3.09. The first-order valence-electron chi connectivity index (χ1n) is 12.8. The maximum absolute atomic E-state index is 14.3. The Labute approximate surface area is 212 Å². The molecule has 1 aromatic carbocycles. The number of ether oxygens (including phenoxy) is 1. The first-order valence-corrected chi connectivity index (χ1v) is 12.8. The number of hydrogen-bond acceptors (Lipinski definition) is 5. The van der Waals surface area contributed by atoms with Crippen LogP contribution in [0.2, 0.25) is 0 Å². The Balaban J connectivity index is 1.65. The van der Waals surface area contributed by atoms with Gasteiger partial charge < -0.3 is 24.5 Å². The molecule has 0 aromatic heterocycles. The minimum Gasteiger partial charge on any atom is -0.395 e. The molecule has 36 heavy (non-hydrogen) atoms. The van der Waals surface area contributed by atoms with Gasteiger partial charge in [-0.05, 0) is 38.3 Å². The number of fused-ring (bicyclic) bond motifs is 2. The summed E-state index contributed by atoms with van der Waals surface area (Å²) in [6.45, 7) is 8.88. The summed E-state index contributed by atoms with van der Waals surface area (Å²) in [5.41, 5.74) is 0.401. The van der Waals surface area contributed by atoms with E-state index in [1.807, 2.05) is 70.2 Å². The third-order valence-corrected chi connectivity index (χ3v) is 8.18. The van der Waals surface area contributed by atoms with Gasteiger partial charge >= 0.3 is 0 Å². The van der Waals surface area contributed by atoms with Crippen LogP contribution in [-0.4, -0.2) is 82.7 Å². The van der Waals surface area contributed by atoms with Gasteiger partial charge in [-0.2, -0.15) is 0 Å². The van der Waals surface area contributed by atoms with Gasteiger partial charge in [0.05, 0.1) is 24.0 Å². The van der Waals surface area contributed by atoms with Crippen LogP contribution < -0.4 is 4.90 Å². The highest BCUT2D eigenvalue weighted by Gasteiger charge is 2.74. The van der Waals surface area contributed by atoms with Gasteiger partial charge in [0, 0.05) is 31.9 Å². The first kappa shape index (κ1) is 24.7. The summed E-state index contributed by atoms with van der Waals surface area (Å²) in [7, 11) is 0. The lowest BCUT2D eigenvalue weighted by molar-refractivity contribution is -0.148. The quantitative estimate of drug-likeness (QED) is 0.634. The number of amides is 3. The monoisotopic (exact) mass is 493 g/mol. The molecule has 3 amide bonds.